The van der Waals surface area contributed by atoms with E-state index in [0.29, 0.717) is 0 Å². The molecule has 6 atom stereocenters. The molecule has 1 aliphatic heterocycles. The van der Waals surface area contributed by atoms with Crippen molar-refractivity contribution in [1.29, 1.82) is 0 Å². The zero-order chi connectivity index (χ0) is 27.7. The van der Waals surface area contributed by atoms with Gasteiger partial charge < -0.3 is 60.7 Å². The number of esters is 1. The average Bonchev–Trinajstić information content (AvgIpc) is 2.72. The van der Waals surface area contributed by atoms with Gasteiger partial charge in [0.25, 0.3) is 5.79 Å². The number of hydrogen-bond acceptors (Lipinski definition) is 13. The van der Waals surface area contributed by atoms with E-state index in [0.717, 1.165) is 14.0 Å². The van der Waals surface area contributed by atoms with Crippen molar-refractivity contribution >= 4 is 29.8 Å². The predicted molar refractivity (Wildman–Crippen MR) is 106 cm³/mol. The number of hydrogen-bond donors (Lipinski definition) is 10. The maximum Gasteiger partial charge on any atom is 0.366 e. The number of carboxylic acid groups (broad SMARTS) is 3. The summed E-state index contributed by atoms with van der Waals surface area (Å²) < 4.78 is 9.45. The van der Waals surface area contributed by atoms with Crippen LogP contribution in [-0.2, 0) is 33.4 Å². The van der Waals surface area contributed by atoms with E-state index >= 15 is 0 Å². The largest absolute Gasteiger partial charge is 0.481 e. The van der Waals surface area contributed by atoms with Gasteiger partial charge in [0.15, 0.2) is 5.60 Å². The highest BCUT2D eigenvalue weighted by molar-refractivity contribution is 5.88. The van der Waals surface area contributed by atoms with E-state index < -0.39 is 97.5 Å². The van der Waals surface area contributed by atoms with Gasteiger partial charge in [-0.2, -0.15) is 0 Å². The molecule has 10 N–H and O–H groups in total. The molecule has 1 amide bonds. The Morgan fingerprint density at radius 1 is 1.11 bits per heavy atom. The number of nitrogens with one attached hydrogen (secondary N) is 1. The van der Waals surface area contributed by atoms with Crippen molar-refractivity contribution in [3.8, 4) is 0 Å². The molecule has 1 aliphatic rings. The molecule has 0 radical (unpaired) electrons. The second-order valence-electron chi connectivity index (χ2n) is 7.57. The minimum atomic E-state index is -2.74. The summed E-state index contributed by atoms with van der Waals surface area (Å²) in [5.41, 5.74) is -2.74. The Kier molecular flexibility index (Phi) is 12.1. The Balaban J connectivity index is 0.000000761. The molecule has 1 rings (SSSR count). The fourth-order valence-electron chi connectivity index (χ4n) is 3.00. The highest BCUT2D eigenvalue weighted by atomic mass is 16.7. The quantitative estimate of drug-likeness (QED) is 0.122. The predicted octanol–water partition coefficient (Wildman–Crippen LogP) is -5.03. The second kappa shape index (κ2) is 13.2. The summed E-state index contributed by atoms with van der Waals surface area (Å²) in [4.78, 5) is 53.3. The lowest BCUT2D eigenvalue weighted by Gasteiger charge is -2.45. The van der Waals surface area contributed by atoms with Crippen molar-refractivity contribution in [2.75, 3.05) is 13.7 Å². The summed E-state index contributed by atoms with van der Waals surface area (Å²) in [5, 5.41) is 84.6. The summed E-state index contributed by atoms with van der Waals surface area (Å²) in [6.07, 6.45) is -9.38. The van der Waals surface area contributed by atoms with E-state index in [1.807, 2.05) is 0 Å². The number of carboxylic acids is 3. The Labute approximate surface area is 197 Å². The van der Waals surface area contributed by atoms with Crippen LogP contribution in [0.25, 0.3) is 0 Å². The monoisotopic (exact) mass is 515 g/mol. The number of methoxy groups -OCH3 is 1. The van der Waals surface area contributed by atoms with Gasteiger partial charge in [0.1, 0.15) is 18.3 Å². The van der Waals surface area contributed by atoms with Crippen LogP contribution in [0.15, 0.2) is 0 Å². The number of aliphatic hydroxyl groups excluding tert-OH is 4. The topological polar surface area (TPSA) is 298 Å². The SMILES string of the molecule is COC(=O)C1(O)C[C@H](O)[C@@H](NC(C)=O)[C@H]([C@H](O)[C@H](O)CO)O1.O=C(O)CC(O)(CC(=O)O)C(=O)O. The van der Waals surface area contributed by atoms with Gasteiger partial charge in [-0.15, -0.1) is 0 Å². The van der Waals surface area contributed by atoms with Gasteiger partial charge in [0, 0.05) is 13.3 Å². The fraction of sp³-hybridized carbons (Fsp3) is 0.722. The normalized spacial score (nSPS) is 25.8. The maximum atomic E-state index is 11.6. The third kappa shape index (κ3) is 9.32. The average molecular weight is 515 g/mol. The smallest absolute Gasteiger partial charge is 0.366 e. The van der Waals surface area contributed by atoms with Crippen LogP contribution in [0, 0.1) is 0 Å². The molecule has 0 aromatic heterocycles. The minimum absolute atomic E-state index is 0.563. The minimum Gasteiger partial charge on any atom is -0.481 e. The zero-order valence-electron chi connectivity index (χ0n) is 18.6. The summed E-state index contributed by atoms with van der Waals surface area (Å²) >= 11 is 0. The summed E-state index contributed by atoms with van der Waals surface area (Å²) in [6.45, 7) is 0.320. The van der Waals surface area contributed by atoms with Crippen LogP contribution in [-0.4, -0.2) is 131 Å². The van der Waals surface area contributed by atoms with Crippen molar-refractivity contribution in [3.63, 3.8) is 0 Å². The molecule has 0 bridgehead atoms. The summed E-state index contributed by atoms with van der Waals surface area (Å²) in [5.74, 6) is -9.34. The van der Waals surface area contributed by atoms with Gasteiger partial charge in [0.2, 0.25) is 5.91 Å². The fourth-order valence-corrected chi connectivity index (χ4v) is 3.00. The van der Waals surface area contributed by atoms with E-state index in [-0.39, 0.29) is 0 Å². The van der Waals surface area contributed by atoms with Crippen molar-refractivity contribution in [2.45, 2.75) is 68.0 Å². The summed E-state index contributed by atoms with van der Waals surface area (Å²) in [7, 11) is 0.990. The number of amides is 1. The van der Waals surface area contributed by atoms with E-state index in [9.17, 15) is 44.4 Å². The first-order chi connectivity index (χ1) is 15.9. The van der Waals surface area contributed by atoms with Crippen molar-refractivity contribution in [3.05, 3.63) is 0 Å². The van der Waals surface area contributed by atoms with Crippen LogP contribution in [0.1, 0.15) is 26.2 Å². The molecule has 0 aliphatic carbocycles. The first-order valence-corrected chi connectivity index (χ1v) is 9.74. The number of rotatable bonds is 10. The molecule has 1 fully saturated rings. The van der Waals surface area contributed by atoms with Gasteiger partial charge in [-0.3, -0.25) is 14.4 Å². The Bertz CT molecular complexity index is 770. The highest BCUT2D eigenvalue weighted by Crippen LogP contribution is 2.31. The van der Waals surface area contributed by atoms with Gasteiger partial charge in [-0.1, -0.05) is 0 Å². The molecule has 17 nitrogen and oxygen atoms in total. The van der Waals surface area contributed by atoms with Crippen molar-refractivity contribution in [2.24, 2.45) is 0 Å². The molecule has 1 saturated heterocycles. The number of aliphatic carboxylic acids is 3. The van der Waals surface area contributed by atoms with Crippen LogP contribution in [0.3, 0.4) is 0 Å². The third-order valence-electron chi connectivity index (χ3n) is 4.66. The molecule has 0 spiro atoms. The van der Waals surface area contributed by atoms with Crippen LogP contribution in [0.5, 0.6) is 0 Å². The lowest BCUT2D eigenvalue weighted by Crippen LogP contribution is -2.67. The van der Waals surface area contributed by atoms with Gasteiger partial charge >= 0.3 is 23.9 Å². The lowest BCUT2D eigenvalue weighted by atomic mass is 9.88. The maximum absolute atomic E-state index is 11.6. The number of carbonyl (C=O) groups excluding carboxylic acids is 2. The second-order valence-corrected chi connectivity index (χ2v) is 7.57. The van der Waals surface area contributed by atoms with Crippen LogP contribution >= 0.6 is 0 Å². The first kappa shape index (κ1) is 32.1. The van der Waals surface area contributed by atoms with E-state index in [2.05, 4.69) is 10.1 Å². The molecule has 17 heteroatoms. The number of carbonyl (C=O) groups is 5. The Hall–Kier alpha value is -2.93. The van der Waals surface area contributed by atoms with Crippen LogP contribution < -0.4 is 5.32 Å². The van der Waals surface area contributed by atoms with Crippen LogP contribution in [0.2, 0.25) is 0 Å². The standard InChI is InChI=1S/C12H21NO9.C6H8O7/c1-5(15)13-8-6(16)3-12(20,11(19)21-2)22-10(8)9(18)7(17)4-14;7-3(8)1-6(13,5(11)12)2-4(9)10/h6-10,14,16-18,20H,3-4H2,1-2H3,(H,13,15);13H,1-2H2,(H,7,8)(H,9,10)(H,11,12)/t6-,7+,8+,9+,10+,12?;/m0./s1. The van der Waals surface area contributed by atoms with Crippen LogP contribution in [0.4, 0.5) is 0 Å². The van der Waals surface area contributed by atoms with E-state index in [1.54, 1.807) is 0 Å². The molecule has 202 valence electrons. The number of aliphatic hydroxyl groups is 6. The van der Waals surface area contributed by atoms with Gasteiger partial charge in [0.05, 0.1) is 38.7 Å². The molecule has 0 aromatic rings. The lowest BCUT2D eigenvalue weighted by molar-refractivity contribution is -0.296. The molecule has 1 heterocycles. The van der Waals surface area contributed by atoms with E-state index in [1.165, 1.54) is 0 Å². The molecule has 0 saturated carbocycles. The molecule has 35 heavy (non-hydrogen) atoms. The molecule has 1 unspecified atom stereocenters. The van der Waals surface area contributed by atoms with Crippen molar-refractivity contribution in [1.82, 2.24) is 5.32 Å². The van der Waals surface area contributed by atoms with Gasteiger partial charge in [-0.05, 0) is 0 Å². The Morgan fingerprint density at radius 3 is 1.94 bits per heavy atom. The molecular formula is C18H29NO16. The number of ether oxygens (including phenoxy) is 2. The summed E-state index contributed by atoms with van der Waals surface area (Å²) in [6, 6.07) is -1.21. The highest BCUT2D eigenvalue weighted by Gasteiger charge is 2.54. The third-order valence-corrected chi connectivity index (χ3v) is 4.66. The zero-order valence-corrected chi connectivity index (χ0v) is 18.6. The van der Waals surface area contributed by atoms with E-state index in [4.69, 9.17) is 30.3 Å². The first-order valence-electron chi connectivity index (χ1n) is 9.74. The Morgan fingerprint density at radius 2 is 1.60 bits per heavy atom. The molecular weight excluding hydrogens is 486 g/mol. The van der Waals surface area contributed by atoms with Crippen molar-refractivity contribution < 1.29 is 79.4 Å². The van der Waals surface area contributed by atoms with Gasteiger partial charge in [-0.25, -0.2) is 9.59 Å². The molecule has 0 aromatic carbocycles.